The summed E-state index contributed by atoms with van der Waals surface area (Å²) in [7, 11) is 4.89. The molecule has 0 radical (unpaired) electrons. The molecule has 1 heterocycles. The summed E-state index contributed by atoms with van der Waals surface area (Å²) < 4.78 is 22.6. The Morgan fingerprint density at radius 1 is 0.970 bits per heavy atom. The third-order valence-corrected chi connectivity index (χ3v) is 5.55. The molecule has 1 N–H and O–H groups in total. The van der Waals surface area contributed by atoms with Crippen molar-refractivity contribution in [2.45, 2.75) is 32.3 Å². The highest BCUT2D eigenvalue weighted by molar-refractivity contribution is 14.0. The predicted octanol–water partition coefficient (Wildman–Crippen LogP) is 4.38. The second kappa shape index (κ2) is 14.0. The molecule has 0 aromatic heterocycles. The lowest BCUT2D eigenvalue weighted by Gasteiger charge is -2.34. The molecule has 0 spiro atoms. The number of para-hydroxylation sites is 1. The Morgan fingerprint density at radius 3 is 2.27 bits per heavy atom. The van der Waals surface area contributed by atoms with E-state index < -0.39 is 0 Å². The number of hydrogen-bond donors (Lipinski definition) is 1. The van der Waals surface area contributed by atoms with Crippen LogP contribution in [0.4, 0.5) is 0 Å². The van der Waals surface area contributed by atoms with Crippen LogP contribution in [0.2, 0.25) is 0 Å². The van der Waals surface area contributed by atoms with Crippen LogP contribution >= 0.6 is 24.0 Å². The van der Waals surface area contributed by atoms with Gasteiger partial charge in [0.25, 0.3) is 0 Å². The summed E-state index contributed by atoms with van der Waals surface area (Å²) >= 11 is 0. The van der Waals surface area contributed by atoms with E-state index in [-0.39, 0.29) is 30.1 Å². The van der Waals surface area contributed by atoms with Crippen molar-refractivity contribution in [1.82, 2.24) is 10.2 Å². The zero-order valence-corrected chi connectivity index (χ0v) is 22.3. The van der Waals surface area contributed by atoms with Crippen molar-refractivity contribution in [3.05, 3.63) is 48.0 Å². The molecule has 0 aliphatic carbocycles. The molecule has 0 bridgehead atoms. The topological polar surface area (TPSA) is 64.6 Å². The molecule has 0 unspecified atom stereocenters. The van der Waals surface area contributed by atoms with Crippen molar-refractivity contribution in [2.75, 3.05) is 47.5 Å². The van der Waals surface area contributed by atoms with Gasteiger partial charge in [0, 0.05) is 44.6 Å². The van der Waals surface area contributed by atoms with Gasteiger partial charge in [0.1, 0.15) is 11.9 Å². The fourth-order valence-corrected chi connectivity index (χ4v) is 3.95. The van der Waals surface area contributed by atoms with Crippen molar-refractivity contribution >= 4 is 29.9 Å². The van der Waals surface area contributed by atoms with Crippen LogP contribution in [0.1, 0.15) is 25.3 Å². The largest absolute Gasteiger partial charge is 0.493 e. The maximum atomic E-state index is 6.13. The van der Waals surface area contributed by atoms with Gasteiger partial charge in [-0.1, -0.05) is 24.3 Å². The number of nitrogens with zero attached hydrogens (tertiary/aromatic N) is 2. The Morgan fingerprint density at radius 2 is 1.67 bits per heavy atom. The molecule has 3 rings (SSSR count). The van der Waals surface area contributed by atoms with Gasteiger partial charge in [-0.05, 0) is 31.5 Å². The number of guanidine groups is 1. The maximum Gasteiger partial charge on any atom is 0.203 e. The third kappa shape index (κ3) is 7.31. The van der Waals surface area contributed by atoms with Gasteiger partial charge in [0.15, 0.2) is 17.5 Å². The number of ether oxygens (including phenoxy) is 4. The lowest BCUT2D eigenvalue weighted by Crippen LogP contribution is -2.47. The van der Waals surface area contributed by atoms with Gasteiger partial charge >= 0.3 is 0 Å². The van der Waals surface area contributed by atoms with E-state index in [1.165, 1.54) is 0 Å². The smallest absolute Gasteiger partial charge is 0.203 e. The van der Waals surface area contributed by atoms with Crippen LogP contribution in [0.3, 0.4) is 0 Å². The second-order valence-electron chi connectivity index (χ2n) is 7.60. The predicted molar refractivity (Wildman–Crippen MR) is 143 cm³/mol. The summed E-state index contributed by atoms with van der Waals surface area (Å²) in [5, 5.41) is 3.43. The van der Waals surface area contributed by atoms with E-state index in [4.69, 9.17) is 23.9 Å². The molecular weight excluding hydrogens is 533 g/mol. The lowest BCUT2D eigenvalue weighted by molar-refractivity contribution is 0.129. The van der Waals surface area contributed by atoms with E-state index >= 15 is 0 Å². The number of rotatable bonds is 9. The molecule has 0 amide bonds. The second-order valence-corrected chi connectivity index (χ2v) is 7.60. The number of benzene rings is 2. The van der Waals surface area contributed by atoms with Crippen LogP contribution < -0.4 is 24.3 Å². The van der Waals surface area contributed by atoms with Crippen LogP contribution in [-0.4, -0.2) is 64.5 Å². The maximum absolute atomic E-state index is 6.13. The molecule has 182 valence electrons. The van der Waals surface area contributed by atoms with Gasteiger partial charge in [-0.2, -0.15) is 0 Å². The quantitative estimate of drug-likeness (QED) is 0.275. The molecular formula is C25H36IN3O4. The molecule has 1 saturated heterocycles. The first-order chi connectivity index (χ1) is 15.7. The number of piperidine rings is 1. The Labute approximate surface area is 214 Å². The van der Waals surface area contributed by atoms with Crippen molar-refractivity contribution in [3.63, 3.8) is 0 Å². The number of nitrogens with one attached hydrogen (secondary N) is 1. The van der Waals surface area contributed by atoms with Gasteiger partial charge < -0.3 is 29.2 Å². The number of halogens is 1. The van der Waals surface area contributed by atoms with Crippen molar-refractivity contribution in [1.29, 1.82) is 0 Å². The molecule has 1 aliphatic heterocycles. The minimum absolute atomic E-state index is 0. The van der Waals surface area contributed by atoms with Gasteiger partial charge in [-0.15, -0.1) is 24.0 Å². The van der Waals surface area contributed by atoms with E-state index in [0.29, 0.717) is 23.8 Å². The summed E-state index contributed by atoms with van der Waals surface area (Å²) in [4.78, 5) is 7.20. The average Bonchev–Trinajstić information content (AvgIpc) is 2.84. The molecule has 8 heteroatoms. The van der Waals surface area contributed by atoms with Gasteiger partial charge in [-0.25, -0.2) is 0 Å². The molecule has 1 fully saturated rings. The Kier molecular flexibility index (Phi) is 11.4. The lowest BCUT2D eigenvalue weighted by atomic mass is 10.1. The molecule has 1 aliphatic rings. The minimum Gasteiger partial charge on any atom is -0.493 e. The monoisotopic (exact) mass is 569 g/mol. The normalized spacial score (nSPS) is 14.3. The van der Waals surface area contributed by atoms with Crippen molar-refractivity contribution in [2.24, 2.45) is 4.99 Å². The number of aliphatic imine (C=N–C) groups is 1. The summed E-state index contributed by atoms with van der Waals surface area (Å²) in [5.41, 5.74) is 1.04. The third-order valence-electron chi connectivity index (χ3n) is 5.55. The van der Waals surface area contributed by atoms with Crippen LogP contribution in [0.15, 0.2) is 47.5 Å². The fraction of sp³-hybridized carbons (Fsp3) is 0.480. The van der Waals surface area contributed by atoms with Crippen LogP contribution in [-0.2, 0) is 6.42 Å². The summed E-state index contributed by atoms with van der Waals surface area (Å²) in [6.45, 7) is 5.41. The number of methoxy groups -OCH3 is 3. The first-order valence-corrected chi connectivity index (χ1v) is 11.2. The van der Waals surface area contributed by atoms with E-state index in [9.17, 15) is 0 Å². The number of likely N-dealkylation sites (tertiary alicyclic amines) is 1. The zero-order valence-electron chi connectivity index (χ0n) is 20.0. The highest BCUT2D eigenvalue weighted by atomic mass is 127. The fourth-order valence-electron chi connectivity index (χ4n) is 3.95. The Hall–Kier alpha value is -2.36. The first-order valence-electron chi connectivity index (χ1n) is 11.2. The molecule has 0 atom stereocenters. The van der Waals surface area contributed by atoms with E-state index in [1.807, 2.05) is 42.5 Å². The molecule has 33 heavy (non-hydrogen) atoms. The summed E-state index contributed by atoms with van der Waals surface area (Å²) in [6.07, 6.45) is 2.94. The van der Waals surface area contributed by atoms with E-state index in [2.05, 4.69) is 17.1 Å². The standard InChI is InChI=1S/C25H35N3O4.HI/c1-5-26-25(28-17-14-21(15-18-28)32-20-9-7-6-8-10-20)27-16-13-19-11-12-22(29-2)24(31-4)23(19)30-3;/h6-12,21H,5,13-18H2,1-4H3,(H,26,27);1H. The average molecular weight is 569 g/mol. The Balaban J connectivity index is 0.00000385. The van der Waals surface area contributed by atoms with Crippen LogP contribution in [0.5, 0.6) is 23.0 Å². The Bertz CT molecular complexity index is 871. The SMILES string of the molecule is CCNC(=NCCc1ccc(OC)c(OC)c1OC)N1CCC(Oc2ccccc2)CC1.I. The van der Waals surface area contributed by atoms with Gasteiger partial charge in [-0.3, -0.25) is 4.99 Å². The minimum atomic E-state index is 0. The zero-order chi connectivity index (χ0) is 22.8. The molecule has 2 aromatic carbocycles. The molecule has 2 aromatic rings. The van der Waals surface area contributed by atoms with E-state index in [1.54, 1.807) is 21.3 Å². The first kappa shape index (κ1) is 26.9. The van der Waals surface area contributed by atoms with Crippen molar-refractivity contribution in [3.8, 4) is 23.0 Å². The molecule has 0 saturated carbocycles. The summed E-state index contributed by atoms with van der Waals surface area (Å²) in [5.74, 6) is 3.86. The van der Waals surface area contributed by atoms with Crippen LogP contribution in [0.25, 0.3) is 0 Å². The highest BCUT2D eigenvalue weighted by Crippen LogP contribution is 2.39. The van der Waals surface area contributed by atoms with E-state index in [0.717, 1.165) is 56.2 Å². The highest BCUT2D eigenvalue weighted by Gasteiger charge is 2.23. The summed E-state index contributed by atoms with van der Waals surface area (Å²) in [6, 6.07) is 14.0. The number of hydrogen-bond acceptors (Lipinski definition) is 5. The van der Waals surface area contributed by atoms with Crippen molar-refractivity contribution < 1.29 is 18.9 Å². The van der Waals surface area contributed by atoms with Gasteiger partial charge in [0.05, 0.1) is 21.3 Å². The van der Waals surface area contributed by atoms with Crippen LogP contribution in [0, 0.1) is 0 Å². The molecule has 7 nitrogen and oxygen atoms in total. The van der Waals surface area contributed by atoms with Gasteiger partial charge in [0.2, 0.25) is 5.75 Å².